The Hall–Kier alpha value is -3.29. The Bertz CT molecular complexity index is 897. The number of nitrogens with zero attached hydrogens (tertiary/aromatic N) is 2. The van der Waals surface area contributed by atoms with Crippen molar-refractivity contribution in [3.63, 3.8) is 0 Å². The third-order valence-electron chi connectivity index (χ3n) is 3.45. The molecule has 3 aromatic rings. The van der Waals surface area contributed by atoms with Gasteiger partial charge in [-0.05, 0) is 29.8 Å². The summed E-state index contributed by atoms with van der Waals surface area (Å²) in [4.78, 5) is 27.2. The molecular weight excluding hydrogens is 312 g/mol. The second-order valence-electron chi connectivity index (χ2n) is 5.11. The molecule has 0 atom stereocenters. The number of H-pyrrole nitrogens is 2. The first-order valence-corrected chi connectivity index (χ1v) is 7.25. The molecule has 2 N–H and O–H groups in total. The number of hydrogen-bond acceptors (Lipinski definition) is 6. The molecule has 0 aliphatic rings. The Morgan fingerprint density at radius 3 is 2.58 bits per heavy atom. The summed E-state index contributed by atoms with van der Waals surface area (Å²) in [6.45, 7) is 0.744. The number of nitrogens with one attached hydrogen (secondary N) is 2. The molecule has 3 rings (SSSR count). The molecule has 0 aliphatic carbocycles. The van der Waals surface area contributed by atoms with Gasteiger partial charge >= 0.3 is 5.69 Å². The highest BCUT2D eigenvalue weighted by atomic mass is 16.5. The van der Waals surface area contributed by atoms with Crippen molar-refractivity contribution in [2.45, 2.75) is 13.1 Å². The lowest BCUT2D eigenvalue weighted by atomic mass is 10.2. The molecule has 2 aromatic heterocycles. The number of aromatic amines is 2. The third-order valence-corrected chi connectivity index (χ3v) is 3.45. The van der Waals surface area contributed by atoms with E-state index in [1.807, 2.05) is 24.3 Å². The van der Waals surface area contributed by atoms with E-state index < -0.39 is 11.2 Å². The molecule has 0 unspecified atom stereocenters. The highest BCUT2D eigenvalue weighted by Gasteiger charge is 2.15. The van der Waals surface area contributed by atoms with Gasteiger partial charge in [0.05, 0.1) is 19.9 Å². The summed E-state index contributed by atoms with van der Waals surface area (Å²) in [6.07, 6.45) is 1.56. The summed E-state index contributed by atoms with van der Waals surface area (Å²) in [5.41, 5.74) is -0.250. The fourth-order valence-electron chi connectivity index (χ4n) is 2.30. The summed E-state index contributed by atoms with van der Waals surface area (Å²) in [5, 5.41) is 6.12. The van der Waals surface area contributed by atoms with Crippen molar-refractivity contribution in [3.05, 3.63) is 74.8 Å². The van der Waals surface area contributed by atoms with Gasteiger partial charge in [0.2, 0.25) is 5.82 Å². The fraction of sp³-hybridized carbons (Fsp3) is 0.188. The molecule has 8 nitrogen and oxygen atoms in total. The fourth-order valence-corrected chi connectivity index (χ4v) is 2.30. The number of ether oxygens (including phenoxy) is 1. The minimum absolute atomic E-state index is 0.113. The van der Waals surface area contributed by atoms with Crippen molar-refractivity contribution in [2.75, 3.05) is 12.0 Å². The lowest BCUT2D eigenvalue weighted by molar-refractivity contribution is 0.414. The average molecular weight is 328 g/mol. The van der Waals surface area contributed by atoms with E-state index in [1.54, 1.807) is 30.4 Å². The third kappa shape index (κ3) is 3.54. The van der Waals surface area contributed by atoms with Gasteiger partial charge in [0.25, 0.3) is 5.56 Å². The zero-order valence-electron chi connectivity index (χ0n) is 13.0. The molecule has 0 bridgehead atoms. The monoisotopic (exact) mass is 328 g/mol. The van der Waals surface area contributed by atoms with Gasteiger partial charge in [-0.2, -0.15) is 0 Å². The summed E-state index contributed by atoms with van der Waals surface area (Å²) in [7, 11) is 1.60. The SMILES string of the molecule is COc1ccc(CN(Cc2ccco2)c2n[nH]c(=O)[nH]c2=O)cc1. The van der Waals surface area contributed by atoms with Gasteiger partial charge in [-0.3, -0.25) is 9.78 Å². The molecular formula is C16H16N4O4. The van der Waals surface area contributed by atoms with E-state index >= 15 is 0 Å². The maximum absolute atomic E-state index is 12.1. The maximum atomic E-state index is 12.1. The molecule has 0 aliphatic heterocycles. The van der Waals surface area contributed by atoms with Crippen LogP contribution >= 0.6 is 0 Å². The van der Waals surface area contributed by atoms with E-state index in [4.69, 9.17) is 9.15 Å². The van der Waals surface area contributed by atoms with Gasteiger partial charge in [-0.25, -0.2) is 9.89 Å². The van der Waals surface area contributed by atoms with Crippen molar-refractivity contribution in [1.82, 2.24) is 15.2 Å². The number of anilines is 1. The molecule has 2 heterocycles. The van der Waals surface area contributed by atoms with Crippen LogP contribution in [0.15, 0.2) is 56.7 Å². The molecule has 0 radical (unpaired) electrons. The Kier molecular flexibility index (Phi) is 4.46. The molecule has 124 valence electrons. The van der Waals surface area contributed by atoms with Crippen LogP contribution in [0.1, 0.15) is 11.3 Å². The van der Waals surface area contributed by atoms with Crippen LogP contribution in [0.4, 0.5) is 5.82 Å². The first-order chi connectivity index (χ1) is 11.7. The zero-order chi connectivity index (χ0) is 16.9. The molecule has 0 saturated carbocycles. The molecule has 0 spiro atoms. The Morgan fingerprint density at radius 2 is 1.96 bits per heavy atom. The van der Waals surface area contributed by atoms with Crippen LogP contribution < -0.4 is 20.9 Å². The van der Waals surface area contributed by atoms with Crippen LogP contribution in [0.25, 0.3) is 0 Å². The predicted molar refractivity (Wildman–Crippen MR) is 87.1 cm³/mol. The second-order valence-corrected chi connectivity index (χ2v) is 5.11. The maximum Gasteiger partial charge on any atom is 0.342 e. The number of benzene rings is 1. The minimum Gasteiger partial charge on any atom is -0.497 e. The highest BCUT2D eigenvalue weighted by Crippen LogP contribution is 2.17. The number of methoxy groups -OCH3 is 1. The number of furan rings is 1. The number of hydrogen-bond donors (Lipinski definition) is 2. The van der Waals surface area contributed by atoms with E-state index in [9.17, 15) is 9.59 Å². The van der Waals surface area contributed by atoms with Crippen LogP contribution in [-0.2, 0) is 13.1 Å². The largest absolute Gasteiger partial charge is 0.497 e. The first-order valence-electron chi connectivity index (χ1n) is 7.25. The quantitative estimate of drug-likeness (QED) is 0.706. The molecule has 0 saturated heterocycles. The standard InChI is InChI=1S/C16H16N4O4/c1-23-12-6-4-11(5-7-12)9-20(10-13-3-2-8-24-13)14-15(21)17-16(22)19-18-14/h2-8H,9-10H2,1H3,(H2,17,19,21,22). The zero-order valence-corrected chi connectivity index (χ0v) is 13.0. The van der Waals surface area contributed by atoms with Crippen LogP contribution in [0.5, 0.6) is 5.75 Å². The van der Waals surface area contributed by atoms with E-state index in [2.05, 4.69) is 15.2 Å². The molecule has 0 fully saturated rings. The predicted octanol–water partition coefficient (Wildman–Crippen LogP) is 1.27. The van der Waals surface area contributed by atoms with Crippen LogP contribution in [-0.4, -0.2) is 22.3 Å². The summed E-state index contributed by atoms with van der Waals surface area (Å²) in [5.74, 6) is 1.54. The van der Waals surface area contributed by atoms with Gasteiger partial charge in [0, 0.05) is 6.54 Å². The minimum atomic E-state index is -0.647. The Labute approximate surface area is 136 Å². The smallest absolute Gasteiger partial charge is 0.342 e. The van der Waals surface area contributed by atoms with Crippen LogP contribution in [0.2, 0.25) is 0 Å². The summed E-state index contributed by atoms with van der Waals surface area (Å²) < 4.78 is 10.5. The van der Waals surface area contributed by atoms with Gasteiger partial charge in [-0.15, -0.1) is 5.10 Å². The van der Waals surface area contributed by atoms with Crippen molar-refractivity contribution in [2.24, 2.45) is 0 Å². The van der Waals surface area contributed by atoms with Crippen molar-refractivity contribution < 1.29 is 9.15 Å². The lowest BCUT2D eigenvalue weighted by Crippen LogP contribution is -2.34. The second kappa shape index (κ2) is 6.86. The Balaban J connectivity index is 1.91. The van der Waals surface area contributed by atoms with E-state index in [0.29, 0.717) is 18.8 Å². The molecule has 0 amide bonds. The molecule has 24 heavy (non-hydrogen) atoms. The van der Waals surface area contributed by atoms with E-state index in [0.717, 1.165) is 11.3 Å². The van der Waals surface area contributed by atoms with Crippen LogP contribution in [0.3, 0.4) is 0 Å². The first kappa shape index (κ1) is 15.6. The van der Waals surface area contributed by atoms with Crippen LogP contribution in [0, 0.1) is 0 Å². The molecule has 1 aromatic carbocycles. The highest BCUT2D eigenvalue weighted by molar-refractivity contribution is 5.37. The lowest BCUT2D eigenvalue weighted by Gasteiger charge is -2.21. The van der Waals surface area contributed by atoms with Crippen molar-refractivity contribution >= 4 is 5.82 Å². The number of rotatable bonds is 6. The van der Waals surface area contributed by atoms with Gasteiger partial charge in [0.15, 0.2) is 0 Å². The van der Waals surface area contributed by atoms with E-state index in [-0.39, 0.29) is 5.82 Å². The normalized spacial score (nSPS) is 10.5. The number of aromatic nitrogens is 3. The van der Waals surface area contributed by atoms with Crippen molar-refractivity contribution in [1.29, 1.82) is 0 Å². The van der Waals surface area contributed by atoms with Gasteiger partial charge in [0.1, 0.15) is 11.5 Å². The van der Waals surface area contributed by atoms with Gasteiger partial charge < -0.3 is 14.1 Å². The molecule has 8 heteroatoms. The summed E-state index contributed by atoms with van der Waals surface area (Å²) >= 11 is 0. The van der Waals surface area contributed by atoms with Crippen molar-refractivity contribution in [3.8, 4) is 5.75 Å². The summed E-state index contributed by atoms with van der Waals surface area (Å²) in [6, 6.07) is 11.0. The van der Waals surface area contributed by atoms with E-state index in [1.165, 1.54) is 0 Å². The average Bonchev–Trinajstić information content (AvgIpc) is 3.08. The van der Waals surface area contributed by atoms with Gasteiger partial charge in [-0.1, -0.05) is 12.1 Å². The topological polar surface area (TPSA) is 104 Å². The Morgan fingerprint density at radius 1 is 1.17 bits per heavy atom.